The molecule has 0 aliphatic carbocycles. The van der Waals surface area contributed by atoms with E-state index in [1.165, 1.54) is 11.1 Å². The Morgan fingerprint density at radius 1 is 1.50 bits per heavy atom. The van der Waals surface area contributed by atoms with Gasteiger partial charge in [0.2, 0.25) is 15.9 Å². The molecule has 18 heavy (non-hydrogen) atoms. The second kappa shape index (κ2) is 4.63. The average Bonchev–Trinajstić information content (AvgIpc) is 2.71. The molecular weight excluding hydrogens is 258 g/mol. The minimum Gasteiger partial charge on any atom is -0.392 e. The van der Waals surface area contributed by atoms with E-state index in [9.17, 15) is 13.2 Å². The van der Waals surface area contributed by atoms with Crippen LogP contribution in [0.2, 0.25) is 0 Å². The highest BCUT2D eigenvalue weighted by atomic mass is 32.2. The molecule has 1 fully saturated rings. The molecule has 1 saturated heterocycles. The molecule has 2 rings (SSSR count). The molecule has 0 spiro atoms. The predicted octanol–water partition coefficient (Wildman–Crippen LogP) is -1.03. The van der Waals surface area contributed by atoms with E-state index in [2.05, 4.69) is 4.98 Å². The molecule has 0 aromatic carbocycles. The van der Waals surface area contributed by atoms with Crippen LogP contribution in [0.4, 0.5) is 5.82 Å². The number of carbonyl (C=O) groups excluding carboxylic acids is 1. The summed E-state index contributed by atoms with van der Waals surface area (Å²) in [7, 11) is -3.72. The van der Waals surface area contributed by atoms with E-state index in [4.69, 9.17) is 10.2 Å². The lowest BCUT2D eigenvalue weighted by Gasteiger charge is -2.15. The SMILES string of the molecule is NS(=O)(=O)C1CC(=O)N(c2ccc(CO)cn2)C1. The summed E-state index contributed by atoms with van der Waals surface area (Å²) in [6.45, 7) is -0.121. The largest absolute Gasteiger partial charge is 0.392 e. The summed E-state index contributed by atoms with van der Waals surface area (Å²) < 4.78 is 22.4. The van der Waals surface area contributed by atoms with Crippen molar-refractivity contribution in [3.8, 4) is 0 Å². The second-order valence-electron chi connectivity index (χ2n) is 4.10. The Kier molecular flexibility index (Phi) is 3.33. The fourth-order valence-corrected chi connectivity index (χ4v) is 2.52. The quantitative estimate of drug-likeness (QED) is 0.729. The summed E-state index contributed by atoms with van der Waals surface area (Å²) in [6, 6.07) is 3.19. The normalized spacial score (nSPS) is 20.4. The highest BCUT2D eigenvalue weighted by Crippen LogP contribution is 2.22. The lowest BCUT2D eigenvalue weighted by Crippen LogP contribution is -2.32. The smallest absolute Gasteiger partial charge is 0.229 e. The van der Waals surface area contributed by atoms with Gasteiger partial charge in [0.25, 0.3) is 0 Å². The maximum Gasteiger partial charge on any atom is 0.229 e. The number of sulfonamides is 1. The third kappa shape index (κ3) is 2.50. The predicted molar refractivity (Wildman–Crippen MR) is 64.0 cm³/mol. The van der Waals surface area contributed by atoms with E-state index >= 15 is 0 Å². The van der Waals surface area contributed by atoms with Gasteiger partial charge in [-0.15, -0.1) is 0 Å². The number of aliphatic hydroxyl groups excluding tert-OH is 1. The zero-order valence-electron chi connectivity index (χ0n) is 9.48. The molecule has 1 atom stereocenters. The Labute approximate surface area is 104 Å². The maximum absolute atomic E-state index is 11.7. The highest BCUT2D eigenvalue weighted by Gasteiger charge is 2.37. The molecule has 8 heteroatoms. The van der Waals surface area contributed by atoms with Crippen molar-refractivity contribution in [2.75, 3.05) is 11.4 Å². The molecule has 2 heterocycles. The van der Waals surface area contributed by atoms with Crippen molar-refractivity contribution in [2.45, 2.75) is 18.3 Å². The minimum atomic E-state index is -3.72. The van der Waals surface area contributed by atoms with Gasteiger partial charge in [0.15, 0.2) is 0 Å². The van der Waals surface area contributed by atoms with Gasteiger partial charge in [-0.1, -0.05) is 6.07 Å². The van der Waals surface area contributed by atoms with Gasteiger partial charge in [-0.2, -0.15) is 0 Å². The number of aromatic nitrogens is 1. The Morgan fingerprint density at radius 2 is 2.22 bits per heavy atom. The van der Waals surface area contributed by atoms with Crippen molar-refractivity contribution in [2.24, 2.45) is 5.14 Å². The molecule has 1 amide bonds. The van der Waals surface area contributed by atoms with Crippen LogP contribution in [0.1, 0.15) is 12.0 Å². The number of rotatable bonds is 3. The first kappa shape index (κ1) is 12.9. The zero-order chi connectivity index (χ0) is 13.3. The first-order chi connectivity index (χ1) is 8.41. The Balaban J connectivity index is 2.21. The van der Waals surface area contributed by atoms with E-state index in [0.29, 0.717) is 11.4 Å². The van der Waals surface area contributed by atoms with E-state index in [1.54, 1.807) is 12.1 Å². The van der Waals surface area contributed by atoms with Crippen LogP contribution in [-0.4, -0.2) is 36.2 Å². The fourth-order valence-electron chi connectivity index (χ4n) is 1.79. The van der Waals surface area contributed by atoms with Gasteiger partial charge >= 0.3 is 0 Å². The molecule has 1 unspecified atom stereocenters. The molecule has 1 aromatic heterocycles. The molecule has 98 valence electrons. The van der Waals surface area contributed by atoms with Gasteiger partial charge in [0, 0.05) is 19.2 Å². The Bertz CT molecular complexity index is 555. The molecule has 3 N–H and O–H groups in total. The summed E-state index contributed by atoms with van der Waals surface area (Å²) in [5, 5.41) is 13.0. The van der Waals surface area contributed by atoms with Crippen LogP contribution in [-0.2, 0) is 21.4 Å². The van der Waals surface area contributed by atoms with Crippen molar-refractivity contribution in [3.63, 3.8) is 0 Å². The molecule has 1 aromatic rings. The standard InChI is InChI=1S/C10H13N3O4S/c11-18(16,17)8-3-10(15)13(5-8)9-2-1-7(6-14)4-12-9/h1-2,4,8,14H,3,5-6H2,(H2,11,16,17). The number of aliphatic hydroxyl groups is 1. The number of nitrogens with two attached hydrogens (primary N) is 1. The molecule has 0 bridgehead atoms. The van der Waals surface area contributed by atoms with Crippen LogP contribution in [0, 0.1) is 0 Å². The van der Waals surface area contributed by atoms with E-state index in [1.807, 2.05) is 0 Å². The molecule has 0 radical (unpaired) electrons. The molecule has 1 aliphatic heterocycles. The van der Waals surface area contributed by atoms with Crippen molar-refractivity contribution < 1.29 is 18.3 Å². The maximum atomic E-state index is 11.7. The van der Waals surface area contributed by atoms with Gasteiger partial charge in [0.05, 0.1) is 6.61 Å². The van der Waals surface area contributed by atoms with Crippen LogP contribution in [0.3, 0.4) is 0 Å². The number of primary sulfonamides is 1. The minimum absolute atomic E-state index is 0.0170. The lowest BCUT2D eigenvalue weighted by atomic mass is 10.3. The first-order valence-corrected chi connectivity index (χ1v) is 6.90. The number of hydrogen-bond donors (Lipinski definition) is 2. The van der Waals surface area contributed by atoms with Crippen LogP contribution in [0.25, 0.3) is 0 Å². The summed E-state index contributed by atoms with van der Waals surface area (Å²) in [6.07, 6.45) is 1.31. The first-order valence-electron chi connectivity index (χ1n) is 5.29. The topological polar surface area (TPSA) is 114 Å². The van der Waals surface area contributed by atoms with Gasteiger partial charge < -0.3 is 5.11 Å². The van der Waals surface area contributed by atoms with E-state index < -0.39 is 15.3 Å². The van der Waals surface area contributed by atoms with Crippen molar-refractivity contribution in [1.29, 1.82) is 0 Å². The van der Waals surface area contributed by atoms with Crippen LogP contribution >= 0.6 is 0 Å². The lowest BCUT2D eigenvalue weighted by molar-refractivity contribution is -0.117. The van der Waals surface area contributed by atoms with E-state index in [-0.39, 0.29) is 25.5 Å². The number of nitrogens with zero attached hydrogens (tertiary/aromatic N) is 2. The second-order valence-corrected chi connectivity index (χ2v) is 5.95. The number of hydrogen-bond acceptors (Lipinski definition) is 5. The average molecular weight is 271 g/mol. The van der Waals surface area contributed by atoms with Crippen molar-refractivity contribution in [1.82, 2.24) is 4.98 Å². The number of carbonyl (C=O) groups is 1. The number of anilines is 1. The third-order valence-electron chi connectivity index (χ3n) is 2.82. The fraction of sp³-hybridized carbons (Fsp3) is 0.400. The monoisotopic (exact) mass is 271 g/mol. The molecular formula is C10H13N3O4S. The van der Waals surface area contributed by atoms with Crippen LogP contribution < -0.4 is 10.0 Å². The van der Waals surface area contributed by atoms with Crippen LogP contribution in [0.5, 0.6) is 0 Å². The molecule has 1 aliphatic rings. The molecule has 7 nitrogen and oxygen atoms in total. The zero-order valence-corrected chi connectivity index (χ0v) is 10.3. The highest BCUT2D eigenvalue weighted by molar-refractivity contribution is 7.89. The van der Waals surface area contributed by atoms with Gasteiger partial charge in [0.1, 0.15) is 11.1 Å². The van der Waals surface area contributed by atoms with Gasteiger partial charge in [-0.3, -0.25) is 9.69 Å². The molecule has 0 saturated carbocycles. The number of amides is 1. The summed E-state index contributed by atoms with van der Waals surface area (Å²) >= 11 is 0. The Morgan fingerprint density at radius 3 is 2.67 bits per heavy atom. The summed E-state index contributed by atoms with van der Waals surface area (Å²) in [4.78, 5) is 17.0. The van der Waals surface area contributed by atoms with Crippen molar-refractivity contribution in [3.05, 3.63) is 23.9 Å². The van der Waals surface area contributed by atoms with Crippen LogP contribution in [0.15, 0.2) is 18.3 Å². The summed E-state index contributed by atoms with van der Waals surface area (Å²) in [5.74, 6) is 0.0432. The third-order valence-corrected chi connectivity index (χ3v) is 4.07. The van der Waals surface area contributed by atoms with Crippen molar-refractivity contribution >= 4 is 21.7 Å². The number of pyridine rings is 1. The Hall–Kier alpha value is -1.51. The summed E-state index contributed by atoms with van der Waals surface area (Å²) in [5.41, 5.74) is 0.619. The van der Waals surface area contributed by atoms with Gasteiger partial charge in [-0.05, 0) is 11.6 Å². The van der Waals surface area contributed by atoms with E-state index in [0.717, 1.165) is 0 Å². The van der Waals surface area contributed by atoms with Gasteiger partial charge in [-0.25, -0.2) is 18.5 Å².